The Balaban J connectivity index is 1.78. The van der Waals surface area contributed by atoms with Crippen molar-refractivity contribution in [1.29, 1.82) is 0 Å². The second-order valence-electron chi connectivity index (χ2n) is 6.07. The van der Waals surface area contributed by atoms with E-state index in [4.69, 9.17) is 0 Å². The molecular weight excluding hydrogens is 284 g/mol. The van der Waals surface area contributed by atoms with Gasteiger partial charge in [0.25, 0.3) is 0 Å². The molecule has 4 nitrogen and oxygen atoms in total. The molecule has 0 aliphatic carbocycles. The lowest BCUT2D eigenvalue weighted by Gasteiger charge is -2.30. The van der Waals surface area contributed by atoms with Crippen LogP contribution in [0.2, 0.25) is 0 Å². The number of nitrogens with zero attached hydrogens (tertiary/aromatic N) is 1. The summed E-state index contributed by atoms with van der Waals surface area (Å²) in [5, 5.41) is 2.98. The molecule has 0 bridgehead atoms. The monoisotopic (exact) mass is 304 g/mol. The topological polar surface area (TPSA) is 49.4 Å². The first kappa shape index (κ1) is 14.4. The highest BCUT2D eigenvalue weighted by atomic mass is 32.2. The van der Waals surface area contributed by atoms with E-state index in [1.54, 1.807) is 16.7 Å². The molecule has 1 N–H and O–H groups in total. The molecule has 1 aromatic carbocycles. The van der Waals surface area contributed by atoms with E-state index in [0.29, 0.717) is 12.2 Å². The molecule has 2 heterocycles. The third-order valence-corrected chi connectivity index (χ3v) is 5.89. The van der Waals surface area contributed by atoms with E-state index in [1.807, 2.05) is 32.0 Å². The van der Waals surface area contributed by atoms with E-state index in [1.165, 1.54) is 5.56 Å². The molecule has 2 aliphatic rings. The molecule has 21 heavy (non-hydrogen) atoms. The van der Waals surface area contributed by atoms with Crippen LogP contribution in [0.4, 0.5) is 5.69 Å². The van der Waals surface area contributed by atoms with Gasteiger partial charge in [0.15, 0.2) is 0 Å². The predicted molar refractivity (Wildman–Crippen MR) is 85.3 cm³/mol. The van der Waals surface area contributed by atoms with Gasteiger partial charge in [0, 0.05) is 17.9 Å². The van der Waals surface area contributed by atoms with Gasteiger partial charge in [0.2, 0.25) is 11.8 Å². The fraction of sp³-hybridized carbons (Fsp3) is 0.500. The summed E-state index contributed by atoms with van der Waals surface area (Å²) in [6.07, 6.45) is 1.39. The molecule has 0 spiro atoms. The summed E-state index contributed by atoms with van der Waals surface area (Å²) in [4.78, 5) is 26.2. The van der Waals surface area contributed by atoms with Crippen LogP contribution in [0.15, 0.2) is 18.2 Å². The van der Waals surface area contributed by atoms with Crippen molar-refractivity contribution in [2.75, 3.05) is 11.1 Å². The van der Waals surface area contributed by atoms with Crippen molar-refractivity contribution in [1.82, 2.24) is 4.90 Å². The molecule has 2 aliphatic heterocycles. The highest BCUT2D eigenvalue weighted by molar-refractivity contribution is 8.01. The molecule has 2 amide bonds. The van der Waals surface area contributed by atoms with E-state index in [2.05, 4.69) is 12.2 Å². The van der Waals surface area contributed by atoms with Gasteiger partial charge in [0.1, 0.15) is 6.04 Å². The Morgan fingerprint density at radius 1 is 1.43 bits per heavy atom. The van der Waals surface area contributed by atoms with Gasteiger partial charge in [-0.15, -0.1) is 11.8 Å². The third-order valence-electron chi connectivity index (χ3n) is 4.39. The Hall–Kier alpha value is -1.49. The van der Waals surface area contributed by atoms with E-state index in [9.17, 15) is 9.59 Å². The number of hydrogen-bond donors (Lipinski definition) is 1. The van der Waals surface area contributed by atoms with Crippen molar-refractivity contribution in [3.8, 4) is 0 Å². The predicted octanol–water partition coefficient (Wildman–Crippen LogP) is 2.70. The van der Waals surface area contributed by atoms with Crippen LogP contribution in [0.3, 0.4) is 0 Å². The van der Waals surface area contributed by atoms with Crippen LogP contribution in [0.1, 0.15) is 30.9 Å². The first-order valence-corrected chi connectivity index (χ1v) is 8.23. The summed E-state index contributed by atoms with van der Waals surface area (Å²) in [5.41, 5.74) is 3.05. The maximum absolute atomic E-state index is 12.6. The average Bonchev–Trinajstić information content (AvgIpc) is 2.90. The average molecular weight is 304 g/mol. The van der Waals surface area contributed by atoms with Gasteiger partial charge in [0.05, 0.1) is 4.87 Å². The van der Waals surface area contributed by atoms with Crippen molar-refractivity contribution in [3.63, 3.8) is 0 Å². The lowest BCUT2D eigenvalue weighted by molar-refractivity contribution is -0.135. The van der Waals surface area contributed by atoms with Crippen LogP contribution >= 0.6 is 11.8 Å². The van der Waals surface area contributed by atoms with Crippen molar-refractivity contribution in [2.45, 2.75) is 44.5 Å². The molecule has 0 unspecified atom stereocenters. The quantitative estimate of drug-likeness (QED) is 0.914. The number of amides is 2. The molecule has 112 valence electrons. The number of anilines is 1. The Labute approximate surface area is 129 Å². The summed E-state index contributed by atoms with van der Waals surface area (Å²) in [5.74, 6) is 0.704. The SMILES string of the molecule is Cc1ccc(NC(=O)[C@H]2CS[C@@]3(C)CCC(=O)N23)c(C)c1. The number of fused-ring (bicyclic) bond motifs is 1. The Morgan fingerprint density at radius 3 is 2.90 bits per heavy atom. The molecule has 0 saturated carbocycles. The maximum atomic E-state index is 12.6. The fourth-order valence-corrected chi connectivity index (χ4v) is 4.62. The third kappa shape index (κ3) is 2.44. The maximum Gasteiger partial charge on any atom is 0.248 e. The standard InChI is InChI=1S/C16H20N2O2S/c1-10-4-5-12(11(2)8-10)17-15(20)13-9-21-16(3)7-6-14(19)18(13)16/h4-5,8,13H,6-7,9H2,1-3H3,(H,17,20)/t13-,16+/m1/s1. The zero-order chi connectivity index (χ0) is 15.2. The summed E-state index contributed by atoms with van der Waals surface area (Å²) >= 11 is 1.72. The normalized spacial score (nSPS) is 27.9. The summed E-state index contributed by atoms with van der Waals surface area (Å²) < 4.78 is 0. The number of rotatable bonds is 2. The van der Waals surface area contributed by atoms with Gasteiger partial charge in [-0.2, -0.15) is 0 Å². The molecular formula is C16H20N2O2S. The summed E-state index contributed by atoms with van der Waals surface area (Å²) in [6, 6.07) is 5.60. The van der Waals surface area contributed by atoms with Crippen LogP contribution in [0.25, 0.3) is 0 Å². The largest absolute Gasteiger partial charge is 0.324 e. The second kappa shape index (κ2) is 5.05. The summed E-state index contributed by atoms with van der Waals surface area (Å²) in [6.45, 7) is 6.07. The van der Waals surface area contributed by atoms with E-state index in [-0.39, 0.29) is 22.7 Å². The van der Waals surface area contributed by atoms with Crippen LogP contribution in [0, 0.1) is 13.8 Å². The van der Waals surface area contributed by atoms with Crippen LogP contribution in [-0.4, -0.2) is 33.4 Å². The highest BCUT2D eigenvalue weighted by Gasteiger charge is 2.52. The van der Waals surface area contributed by atoms with Crippen molar-refractivity contribution in [2.24, 2.45) is 0 Å². The minimum Gasteiger partial charge on any atom is -0.324 e. The first-order valence-electron chi connectivity index (χ1n) is 7.25. The van der Waals surface area contributed by atoms with Crippen molar-refractivity contribution in [3.05, 3.63) is 29.3 Å². The molecule has 2 atom stereocenters. The minimum atomic E-state index is -0.351. The zero-order valence-corrected chi connectivity index (χ0v) is 13.4. The molecule has 5 heteroatoms. The van der Waals surface area contributed by atoms with Gasteiger partial charge in [-0.25, -0.2) is 0 Å². The smallest absolute Gasteiger partial charge is 0.248 e. The molecule has 3 rings (SSSR count). The first-order chi connectivity index (χ1) is 9.90. The number of nitrogens with one attached hydrogen (secondary N) is 1. The van der Waals surface area contributed by atoms with Gasteiger partial charge in [-0.05, 0) is 38.8 Å². The Morgan fingerprint density at radius 2 is 2.19 bits per heavy atom. The Kier molecular flexibility index (Phi) is 3.48. The van der Waals surface area contributed by atoms with Gasteiger partial charge in [-0.1, -0.05) is 17.7 Å². The molecule has 2 saturated heterocycles. The van der Waals surface area contributed by atoms with Gasteiger partial charge < -0.3 is 10.2 Å². The Bertz CT molecular complexity index is 616. The molecule has 0 aromatic heterocycles. The van der Waals surface area contributed by atoms with E-state index >= 15 is 0 Å². The lowest BCUT2D eigenvalue weighted by atomic mass is 10.1. The van der Waals surface area contributed by atoms with Crippen LogP contribution in [-0.2, 0) is 9.59 Å². The number of hydrogen-bond acceptors (Lipinski definition) is 3. The number of carbonyl (C=O) groups excluding carboxylic acids is 2. The van der Waals surface area contributed by atoms with Crippen LogP contribution in [0.5, 0.6) is 0 Å². The molecule has 2 fully saturated rings. The lowest BCUT2D eigenvalue weighted by Crippen LogP contribution is -2.48. The number of thioether (sulfide) groups is 1. The number of benzene rings is 1. The van der Waals surface area contributed by atoms with Crippen molar-refractivity contribution < 1.29 is 9.59 Å². The van der Waals surface area contributed by atoms with E-state index < -0.39 is 0 Å². The number of carbonyl (C=O) groups is 2. The second-order valence-corrected chi connectivity index (χ2v) is 7.57. The fourth-order valence-electron chi connectivity index (χ4n) is 3.18. The summed E-state index contributed by atoms with van der Waals surface area (Å²) in [7, 11) is 0. The van der Waals surface area contributed by atoms with Crippen LogP contribution < -0.4 is 5.32 Å². The number of aryl methyl sites for hydroxylation is 2. The van der Waals surface area contributed by atoms with E-state index in [0.717, 1.165) is 17.7 Å². The minimum absolute atomic E-state index is 0.0755. The van der Waals surface area contributed by atoms with Crippen molar-refractivity contribution >= 4 is 29.3 Å². The zero-order valence-electron chi connectivity index (χ0n) is 12.6. The molecule has 0 radical (unpaired) electrons. The van der Waals surface area contributed by atoms with Gasteiger partial charge in [-0.3, -0.25) is 9.59 Å². The van der Waals surface area contributed by atoms with Gasteiger partial charge >= 0.3 is 0 Å². The highest BCUT2D eigenvalue weighted by Crippen LogP contribution is 2.47. The molecule has 1 aromatic rings.